The minimum absolute atomic E-state index is 0.000548. The molecule has 42 heavy (non-hydrogen) atoms. The second-order valence-electron chi connectivity index (χ2n) is 16.9. The summed E-state index contributed by atoms with van der Waals surface area (Å²) in [5, 5.41) is 2.55. The van der Waals surface area contributed by atoms with E-state index in [2.05, 4.69) is 172 Å². The van der Waals surface area contributed by atoms with Gasteiger partial charge in [-0.1, -0.05) is 161 Å². The van der Waals surface area contributed by atoms with Crippen LogP contribution in [0.1, 0.15) is 147 Å². The van der Waals surface area contributed by atoms with Gasteiger partial charge in [0.05, 0.1) is 0 Å². The highest BCUT2D eigenvalue weighted by Crippen LogP contribution is 2.43. The summed E-state index contributed by atoms with van der Waals surface area (Å²) in [5.74, 6) is 7.86. The van der Waals surface area contributed by atoms with Crippen LogP contribution >= 0.6 is 0 Å². The molecule has 0 aliphatic rings. The first kappa shape index (κ1) is 36.4. The van der Waals surface area contributed by atoms with Gasteiger partial charge in [0.2, 0.25) is 0 Å². The molecule has 0 atom stereocenters. The average molecular weight is 601 g/mol. The first-order chi connectivity index (χ1) is 19.1. The molecule has 2 aromatic carbocycles. The van der Waals surface area contributed by atoms with Gasteiger partial charge in [-0.25, -0.2) is 0 Å². The van der Waals surface area contributed by atoms with Gasteiger partial charge in [0.1, 0.15) is 16.1 Å². The van der Waals surface area contributed by atoms with E-state index in [-0.39, 0.29) is 10.8 Å². The number of hydrogen-bond acceptors (Lipinski definition) is 0. The number of hydrogen-bond donors (Lipinski definition) is 0. The summed E-state index contributed by atoms with van der Waals surface area (Å²) in [5.41, 5.74) is 16.9. The lowest BCUT2D eigenvalue weighted by molar-refractivity contribution is 0.588. The van der Waals surface area contributed by atoms with Crippen molar-refractivity contribution >= 4 is 26.9 Å². The van der Waals surface area contributed by atoms with Crippen LogP contribution in [-0.4, -0.2) is 16.1 Å². The van der Waals surface area contributed by atoms with Crippen LogP contribution < -0.4 is 0 Å². The van der Waals surface area contributed by atoms with Crippen LogP contribution in [0.25, 0.3) is 10.8 Å². The first-order valence-corrected chi connectivity index (χ1v) is 21.2. The highest BCUT2D eigenvalue weighted by atomic mass is 28.3. The molecule has 2 aromatic rings. The van der Waals surface area contributed by atoms with Gasteiger partial charge in [0.15, 0.2) is 0 Å². The van der Waals surface area contributed by atoms with Crippen molar-refractivity contribution in [3.05, 3.63) is 46.5 Å². The Morgan fingerprint density at radius 3 is 0.857 bits per heavy atom. The van der Waals surface area contributed by atoms with Crippen LogP contribution in [0.2, 0.25) is 33.2 Å². The van der Waals surface area contributed by atoms with Gasteiger partial charge >= 0.3 is 0 Å². The van der Waals surface area contributed by atoms with Crippen LogP contribution in [0.15, 0.2) is 24.3 Å². The predicted molar refractivity (Wildman–Crippen MR) is 197 cm³/mol. The van der Waals surface area contributed by atoms with Gasteiger partial charge in [-0.05, 0) is 66.0 Å². The maximum atomic E-state index is 4.08. The van der Waals surface area contributed by atoms with E-state index in [0.29, 0.717) is 33.2 Å². The highest BCUT2D eigenvalue weighted by Gasteiger charge is 2.43. The lowest BCUT2D eigenvalue weighted by Gasteiger charge is -2.38. The number of rotatable bonds is 6. The summed E-state index contributed by atoms with van der Waals surface area (Å²) < 4.78 is 0. The second kappa shape index (κ2) is 13.1. The molecule has 0 N–H and O–H groups in total. The van der Waals surface area contributed by atoms with Gasteiger partial charge in [-0.3, -0.25) is 0 Å². The SMILES string of the molecule is CC(C)[Si](C#Cc1c(C(C)(C)C)ccc2c(C#C[Si](C(C)C)(C(C)C)C(C)C)c(C(C)(C)C)ccc12)(C(C)C)C(C)C. The molecule has 0 saturated carbocycles. The quantitative estimate of drug-likeness (QED) is 0.228. The van der Waals surface area contributed by atoms with Crippen LogP contribution in [-0.2, 0) is 10.8 Å². The zero-order chi connectivity index (χ0) is 32.6. The molecule has 2 heteroatoms. The molecule has 0 amide bonds. The summed E-state index contributed by atoms with van der Waals surface area (Å²) in [7, 11) is -3.79. The molecule has 232 valence electrons. The molecule has 0 fully saturated rings. The summed E-state index contributed by atoms with van der Waals surface area (Å²) in [6.45, 7) is 42.9. The van der Waals surface area contributed by atoms with Crippen LogP contribution in [0, 0.1) is 22.9 Å². The van der Waals surface area contributed by atoms with E-state index >= 15 is 0 Å². The van der Waals surface area contributed by atoms with Crippen molar-refractivity contribution in [1.29, 1.82) is 0 Å². The van der Waals surface area contributed by atoms with Gasteiger partial charge < -0.3 is 0 Å². The molecule has 0 bridgehead atoms. The molecule has 0 aromatic heterocycles. The topological polar surface area (TPSA) is 0 Å². The molecular weight excluding hydrogens is 537 g/mol. The molecule has 0 nitrogen and oxygen atoms in total. The highest BCUT2D eigenvalue weighted by molar-refractivity contribution is 6.91. The fourth-order valence-corrected chi connectivity index (χ4v) is 18.5. The van der Waals surface area contributed by atoms with Crippen molar-refractivity contribution in [1.82, 2.24) is 0 Å². The van der Waals surface area contributed by atoms with E-state index in [1.54, 1.807) is 0 Å². The Kier molecular flexibility index (Phi) is 11.4. The largest absolute Gasteiger partial charge is 0.146 e. The van der Waals surface area contributed by atoms with Gasteiger partial charge in [-0.2, -0.15) is 0 Å². The van der Waals surface area contributed by atoms with Gasteiger partial charge in [-0.15, -0.1) is 11.1 Å². The maximum Gasteiger partial charge on any atom is 0.146 e. The monoisotopic (exact) mass is 600 g/mol. The predicted octanol–water partition coefficient (Wildman–Crippen LogP) is 12.6. The lowest BCUT2D eigenvalue weighted by Crippen LogP contribution is -2.43. The second-order valence-corrected chi connectivity index (χ2v) is 28.0. The molecule has 0 radical (unpaired) electrons. The Labute approximate surface area is 264 Å². The number of fused-ring (bicyclic) bond motifs is 1. The molecule has 0 aliphatic heterocycles. The summed E-state index contributed by atoms with van der Waals surface area (Å²) in [6.07, 6.45) is 0. The fourth-order valence-electron chi connectivity index (χ4n) is 8.13. The lowest BCUT2D eigenvalue weighted by atomic mass is 9.78. The third-order valence-corrected chi connectivity index (χ3v) is 22.9. The minimum atomic E-state index is -1.90. The summed E-state index contributed by atoms with van der Waals surface area (Å²) in [6, 6.07) is 9.46. The van der Waals surface area contributed by atoms with Crippen molar-refractivity contribution in [2.45, 2.75) is 169 Å². The molecule has 0 aliphatic carbocycles. The Morgan fingerprint density at radius 1 is 0.429 bits per heavy atom. The van der Waals surface area contributed by atoms with Crippen LogP contribution in [0.3, 0.4) is 0 Å². The molecule has 0 spiro atoms. The molecule has 0 unspecified atom stereocenters. The van der Waals surface area contributed by atoms with E-state index in [9.17, 15) is 0 Å². The molecule has 0 saturated heterocycles. The normalized spacial score (nSPS) is 13.4. The summed E-state index contributed by atoms with van der Waals surface area (Å²) >= 11 is 0. The Hall–Kier alpha value is -1.75. The van der Waals surface area contributed by atoms with E-state index in [0.717, 1.165) is 0 Å². The van der Waals surface area contributed by atoms with Crippen molar-refractivity contribution in [3.8, 4) is 22.9 Å². The fraction of sp³-hybridized carbons (Fsp3) is 0.650. The van der Waals surface area contributed by atoms with E-state index in [4.69, 9.17) is 0 Å². The first-order valence-electron chi connectivity index (χ1n) is 16.7. The van der Waals surface area contributed by atoms with Crippen LogP contribution in [0.4, 0.5) is 0 Å². The van der Waals surface area contributed by atoms with E-state index in [1.807, 2.05) is 0 Å². The van der Waals surface area contributed by atoms with Crippen LogP contribution in [0.5, 0.6) is 0 Å². The maximum absolute atomic E-state index is 4.08. The zero-order valence-electron chi connectivity index (χ0n) is 30.8. The Balaban J connectivity index is 3.18. The van der Waals surface area contributed by atoms with E-state index in [1.165, 1.54) is 33.0 Å². The van der Waals surface area contributed by atoms with Gasteiger partial charge in [0.25, 0.3) is 0 Å². The smallest absolute Gasteiger partial charge is 0.125 e. The Morgan fingerprint density at radius 2 is 0.667 bits per heavy atom. The van der Waals surface area contributed by atoms with E-state index < -0.39 is 16.1 Å². The third-order valence-electron chi connectivity index (χ3n) is 10.4. The molecule has 0 heterocycles. The molecular formula is C40H64Si2. The average Bonchev–Trinajstić information content (AvgIpc) is 2.81. The number of benzene rings is 2. The molecule has 2 rings (SSSR count). The summed E-state index contributed by atoms with van der Waals surface area (Å²) in [4.78, 5) is 0. The zero-order valence-corrected chi connectivity index (χ0v) is 32.8. The van der Waals surface area contributed by atoms with Crippen molar-refractivity contribution in [2.75, 3.05) is 0 Å². The van der Waals surface area contributed by atoms with Crippen molar-refractivity contribution in [2.24, 2.45) is 0 Å². The van der Waals surface area contributed by atoms with Crippen molar-refractivity contribution < 1.29 is 0 Å². The minimum Gasteiger partial charge on any atom is -0.125 e. The third kappa shape index (κ3) is 6.82. The van der Waals surface area contributed by atoms with Gasteiger partial charge in [0, 0.05) is 11.1 Å². The standard InChI is InChI=1S/C40H64Si2/c1-27(2)41(28(3)4,29(5)6)25-23-35-33-19-22-38(40(16,17)18)36(34(33)20-21-37(35)39(13,14)15)24-26-42(30(7)8,31(9)10)32(11)12/h19-22,27-32H,1-18H3. The Bertz CT molecular complexity index is 1210. The van der Waals surface area contributed by atoms with Crippen molar-refractivity contribution in [3.63, 3.8) is 0 Å².